The Bertz CT molecular complexity index is 555. The molecule has 0 amide bonds. The minimum Gasteiger partial charge on any atom is -0.550 e. The Labute approximate surface area is 141 Å². The normalized spacial score (nSPS) is 26.3. The quantitative estimate of drug-likeness (QED) is 0.776. The van der Waals surface area contributed by atoms with Gasteiger partial charge in [0.2, 0.25) is 0 Å². The molecule has 3 atom stereocenters. The van der Waals surface area contributed by atoms with Crippen LogP contribution in [-0.2, 0) is 11.2 Å². The van der Waals surface area contributed by atoms with Gasteiger partial charge in [-0.3, -0.25) is 0 Å². The highest BCUT2D eigenvalue weighted by molar-refractivity contribution is 6.30. The van der Waals surface area contributed by atoms with Crippen molar-refractivity contribution in [2.45, 2.75) is 50.2 Å². The molecule has 2 rings (SSSR count). The third-order valence-electron chi connectivity index (χ3n) is 4.30. The molecule has 0 heterocycles. The van der Waals surface area contributed by atoms with E-state index in [1.165, 1.54) is 0 Å². The first-order valence-corrected chi connectivity index (χ1v) is 8.27. The van der Waals surface area contributed by atoms with Crippen LogP contribution in [0.2, 0.25) is 5.02 Å². The minimum absolute atomic E-state index is 0.0768. The molecule has 5 heteroatoms. The molecule has 1 fully saturated rings. The Morgan fingerprint density at radius 1 is 1.43 bits per heavy atom. The smallest absolute Gasteiger partial charge is 0.0761 e. The third kappa shape index (κ3) is 5.98. The van der Waals surface area contributed by atoms with Gasteiger partial charge in [0.05, 0.1) is 11.7 Å². The van der Waals surface area contributed by atoms with Crippen LogP contribution in [0.4, 0.5) is 0 Å². The van der Waals surface area contributed by atoms with E-state index in [2.05, 4.69) is 0 Å². The van der Waals surface area contributed by atoms with Crippen molar-refractivity contribution in [3.63, 3.8) is 0 Å². The van der Waals surface area contributed by atoms with Crippen LogP contribution in [0.1, 0.15) is 37.7 Å². The van der Waals surface area contributed by atoms with E-state index in [-0.39, 0.29) is 12.3 Å². The van der Waals surface area contributed by atoms with Crippen LogP contribution < -0.4 is 5.11 Å². The maximum atomic E-state index is 10.7. The predicted molar refractivity (Wildman–Crippen MR) is 86.8 cm³/mol. The zero-order valence-corrected chi connectivity index (χ0v) is 13.7. The lowest BCUT2D eigenvalue weighted by Gasteiger charge is -2.36. The molecule has 1 aromatic carbocycles. The summed E-state index contributed by atoms with van der Waals surface area (Å²) in [7, 11) is 0. The number of carbonyl (C=O) groups excluding carboxylic acids is 1. The van der Waals surface area contributed by atoms with Gasteiger partial charge in [0.25, 0.3) is 0 Å². The Kier molecular flexibility index (Phi) is 6.22. The van der Waals surface area contributed by atoms with Crippen molar-refractivity contribution < 1.29 is 20.1 Å². The molecule has 1 saturated carbocycles. The molecule has 126 valence electrons. The average Bonchev–Trinajstić information content (AvgIpc) is 2.46. The van der Waals surface area contributed by atoms with Crippen LogP contribution in [0, 0.1) is 5.92 Å². The third-order valence-corrected chi connectivity index (χ3v) is 4.55. The second kappa shape index (κ2) is 7.95. The molecule has 23 heavy (non-hydrogen) atoms. The summed E-state index contributed by atoms with van der Waals surface area (Å²) in [5, 5.41) is 31.8. The lowest BCUT2D eigenvalue weighted by Crippen LogP contribution is -2.41. The van der Waals surface area contributed by atoms with Crippen molar-refractivity contribution in [3.8, 4) is 0 Å². The van der Waals surface area contributed by atoms with Gasteiger partial charge >= 0.3 is 0 Å². The van der Waals surface area contributed by atoms with E-state index >= 15 is 0 Å². The average molecular weight is 338 g/mol. The molecular weight excluding hydrogens is 316 g/mol. The number of carboxylic acids is 1. The molecule has 0 spiro atoms. The Balaban J connectivity index is 1.88. The van der Waals surface area contributed by atoms with E-state index in [1.807, 2.05) is 18.2 Å². The van der Waals surface area contributed by atoms with Gasteiger partial charge in [-0.1, -0.05) is 35.9 Å². The van der Waals surface area contributed by atoms with Crippen molar-refractivity contribution in [1.82, 2.24) is 0 Å². The summed E-state index contributed by atoms with van der Waals surface area (Å²) >= 11 is 5.83. The molecule has 0 radical (unpaired) electrons. The van der Waals surface area contributed by atoms with Crippen LogP contribution in [0.5, 0.6) is 0 Å². The number of carboxylic acid groups (broad SMARTS) is 1. The summed E-state index contributed by atoms with van der Waals surface area (Å²) in [5.41, 5.74) is -0.198. The first-order chi connectivity index (χ1) is 10.9. The van der Waals surface area contributed by atoms with Crippen LogP contribution in [0.15, 0.2) is 36.4 Å². The number of carbonyl (C=O) groups is 1. The van der Waals surface area contributed by atoms with Gasteiger partial charge in [-0.15, -0.1) is 0 Å². The van der Waals surface area contributed by atoms with Crippen LogP contribution in [0.3, 0.4) is 0 Å². The SMILES string of the molecule is O=C([O-])CC1(O)CCCC(/C=C/C(O)Cc2ccc(Cl)cc2)C1. The molecule has 1 aliphatic carbocycles. The number of aliphatic hydroxyl groups is 2. The minimum atomic E-state index is -1.22. The number of rotatable bonds is 6. The highest BCUT2D eigenvalue weighted by atomic mass is 35.5. The maximum absolute atomic E-state index is 10.7. The standard InChI is InChI=1S/C18H23ClO4/c19-15-6-3-13(4-7-15)10-16(20)8-5-14-2-1-9-18(23,11-14)12-17(21)22/h3-8,14,16,20,23H,1-2,9-12H2,(H,21,22)/p-1/b8-5+. The van der Waals surface area contributed by atoms with Crippen molar-refractivity contribution in [2.75, 3.05) is 0 Å². The second-order valence-electron chi connectivity index (χ2n) is 6.41. The zero-order valence-electron chi connectivity index (χ0n) is 13.0. The molecule has 0 aliphatic heterocycles. The van der Waals surface area contributed by atoms with Crippen molar-refractivity contribution in [2.24, 2.45) is 5.92 Å². The van der Waals surface area contributed by atoms with Crippen LogP contribution in [-0.4, -0.2) is 27.9 Å². The molecule has 0 bridgehead atoms. The van der Waals surface area contributed by atoms with Crippen molar-refractivity contribution in [3.05, 3.63) is 47.0 Å². The number of allylic oxidation sites excluding steroid dienone is 1. The number of hydrogen-bond acceptors (Lipinski definition) is 4. The fourth-order valence-electron chi connectivity index (χ4n) is 3.19. The van der Waals surface area contributed by atoms with E-state index in [9.17, 15) is 20.1 Å². The fourth-order valence-corrected chi connectivity index (χ4v) is 3.32. The van der Waals surface area contributed by atoms with Gasteiger partial charge in [-0.05, 0) is 49.3 Å². The summed E-state index contributed by atoms with van der Waals surface area (Å²) in [6.07, 6.45) is 5.70. The number of hydrogen-bond donors (Lipinski definition) is 2. The highest BCUT2D eigenvalue weighted by Gasteiger charge is 2.33. The number of benzene rings is 1. The molecule has 0 saturated heterocycles. The molecule has 1 aliphatic rings. The van der Waals surface area contributed by atoms with Crippen molar-refractivity contribution in [1.29, 1.82) is 0 Å². The predicted octanol–water partition coefficient (Wildman–Crippen LogP) is 1.86. The lowest BCUT2D eigenvalue weighted by molar-refractivity contribution is -0.309. The molecule has 0 aromatic heterocycles. The summed E-state index contributed by atoms with van der Waals surface area (Å²) in [6, 6.07) is 7.32. The van der Waals surface area contributed by atoms with Gasteiger partial charge < -0.3 is 20.1 Å². The second-order valence-corrected chi connectivity index (χ2v) is 6.85. The van der Waals surface area contributed by atoms with Gasteiger partial charge in [-0.25, -0.2) is 0 Å². The Morgan fingerprint density at radius 2 is 2.13 bits per heavy atom. The Morgan fingerprint density at radius 3 is 2.78 bits per heavy atom. The number of aliphatic hydroxyl groups excluding tert-OH is 1. The van der Waals surface area contributed by atoms with E-state index in [1.54, 1.807) is 18.2 Å². The fraction of sp³-hybridized carbons (Fsp3) is 0.500. The van der Waals surface area contributed by atoms with Gasteiger partial charge in [0, 0.05) is 23.8 Å². The van der Waals surface area contributed by atoms with E-state index < -0.39 is 17.7 Å². The molecule has 4 nitrogen and oxygen atoms in total. The summed E-state index contributed by atoms with van der Waals surface area (Å²) in [5.74, 6) is -1.15. The van der Waals surface area contributed by atoms with Gasteiger partial charge in [-0.2, -0.15) is 0 Å². The van der Waals surface area contributed by atoms with Crippen molar-refractivity contribution >= 4 is 17.6 Å². The molecule has 3 unspecified atom stereocenters. The maximum Gasteiger partial charge on any atom is 0.0761 e. The van der Waals surface area contributed by atoms with E-state index in [4.69, 9.17) is 11.6 Å². The molecule has 1 aromatic rings. The molecule has 2 N–H and O–H groups in total. The summed E-state index contributed by atoms with van der Waals surface area (Å²) in [4.78, 5) is 10.7. The first kappa shape index (κ1) is 18.0. The zero-order chi connectivity index (χ0) is 16.9. The number of aliphatic carboxylic acids is 1. The highest BCUT2D eigenvalue weighted by Crippen LogP contribution is 2.35. The largest absolute Gasteiger partial charge is 0.550 e. The van der Waals surface area contributed by atoms with Gasteiger partial charge in [0.1, 0.15) is 0 Å². The van der Waals surface area contributed by atoms with Gasteiger partial charge in [0.15, 0.2) is 0 Å². The summed E-state index contributed by atoms with van der Waals surface area (Å²) < 4.78 is 0. The van der Waals surface area contributed by atoms with E-state index in [0.29, 0.717) is 24.3 Å². The monoisotopic (exact) mass is 337 g/mol. The molecular formula is C18H22ClO4-. The topological polar surface area (TPSA) is 80.6 Å². The number of halogens is 1. The Hall–Kier alpha value is -1.36. The lowest BCUT2D eigenvalue weighted by atomic mass is 9.76. The van der Waals surface area contributed by atoms with E-state index in [0.717, 1.165) is 18.4 Å². The summed E-state index contributed by atoms with van der Waals surface area (Å²) in [6.45, 7) is 0. The first-order valence-electron chi connectivity index (χ1n) is 7.89. The van der Waals surface area contributed by atoms with Crippen LogP contribution >= 0.6 is 11.6 Å². The van der Waals surface area contributed by atoms with Crippen LogP contribution in [0.25, 0.3) is 0 Å².